The predicted molar refractivity (Wildman–Crippen MR) is 119 cm³/mol. The number of nitrogens with zero attached hydrogens (tertiary/aromatic N) is 3. The van der Waals surface area contributed by atoms with Crippen molar-refractivity contribution < 1.29 is 22.6 Å². The Morgan fingerprint density at radius 3 is 2.47 bits per heavy atom. The maximum atomic E-state index is 13.6. The third-order valence-electron chi connectivity index (χ3n) is 4.87. The second kappa shape index (κ2) is 8.85. The topological polar surface area (TPSA) is 106 Å². The van der Waals surface area contributed by atoms with E-state index in [1.807, 2.05) is 0 Å². The van der Waals surface area contributed by atoms with Gasteiger partial charge in [0.05, 0.1) is 18.6 Å². The van der Waals surface area contributed by atoms with Crippen LogP contribution in [0.5, 0.6) is 11.6 Å². The van der Waals surface area contributed by atoms with Crippen LogP contribution in [-0.4, -0.2) is 33.4 Å². The molecule has 4 rings (SSSR count). The first kappa shape index (κ1) is 22.8. The largest absolute Gasteiger partial charge is 0.573 e. The van der Waals surface area contributed by atoms with Crippen molar-refractivity contribution in [3.8, 4) is 28.4 Å². The van der Waals surface area contributed by atoms with Crippen molar-refractivity contribution in [3.05, 3.63) is 76.6 Å². The summed E-state index contributed by atoms with van der Waals surface area (Å²) in [4.78, 5) is 18.0. The standard InChI is InChI=1S/C23H18F3N5O3/c1-2-33-20-10-4-14-11-18(15-3-9-19(28)30(12-15)13-27)22(32)31(21(14)29-20)16-5-7-17(8-6-16)34-23(24,25)26/h3-13,27-28H,2H2,1H3. The summed E-state index contributed by atoms with van der Waals surface area (Å²) in [5.41, 5.74) is 0.789. The van der Waals surface area contributed by atoms with Gasteiger partial charge in [0.25, 0.3) is 5.56 Å². The van der Waals surface area contributed by atoms with Crippen LogP contribution in [0.4, 0.5) is 13.2 Å². The highest BCUT2D eigenvalue weighted by Crippen LogP contribution is 2.27. The van der Waals surface area contributed by atoms with Gasteiger partial charge in [0.1, 0.15) is 11.2 Å². The first-order chi connectivity index (χ1) is 16.2. The van der Waals surface area contributed by atoms with Crippen molar-refractivity contribution in [2.75, 3.05) is 6.61 Å². The maximum absolute atomic E-state index is 13.6. The van der Waals surface area contributed by atoms with Crippen LogP contribution in [0.25, 0.3) is 27.8 Å². The molecule has 0 saturated heterocycles. The third kappa shape index (κ3) is 4.53. The Bertz CT molecular complexity index is 1490. The lowest BCUT2D eigenvalue weighted by Gasteiger charge is -2.15. The van der Waals surface area contributed by atoms with Gasteiger partial charge in [-0.2, -0.15) is 4.98 Å². The summed E-state index contributed by atoms with van der Waals surface area (Å²) < 4.78 is 49.6. The molecule has 0 atom stereocenters. The molecule has 0 amide bonds. The molecule has 0 spiro atoms. The molecule has 0 radical (unpaired) electrons. The van der Waals surface area contributed by atoms with Gasteiger partial charge in [-0.15, -0.1) is 13.2 Å². The zero-order valence-corrected chi connectivity index (χ0v) is 17.8. The SMILES string of the molecule is CCOc1ccc2cc(-c3ccc(=N)n(C=N)c3)c(=O)n(-c3ccc(OC(F)(F)F)cc3)c2n1. The van der Waals surface area contributed by atoms with Crippen LogP contribution < -0.4 is 20.5 Å². The lowest BCUT2D eigenvalue weighted by Crippen LogP contribution is -2.23. The summed E-state index contributed by atoms with van der Waals surface area (Å²) in [5.74, 6) is -0.140. The number of hydrogen-bond acceptors (Lipinski definition) is 6. The fraction of sp³-hybridized carbons (Fsp3) is 0.130. The van der Waals surface area contributed by atoms with Crippen LogP contribution in [0.15, 0.2) is 65.6 Å². The first-order valence-corrected chi connectivity index (χ1v) is 10.0. The van der Waals surface area contributed by atoms with Crippen molar-refractivity contribution >= 4 is 17.4 Å². The van der Waals surface area contributed by atoms with Gasteiger partial charge in [0.15, 0.2) is 5.65 Å². The van der Waals surface area contributed by atoms with E-state index in [4.69, 9.17) is 15.6 Å². The summed E-state index contributed by atoms with van der Waals surface area (Å²) >= 11 is 0. The quantitative estimate of drug-likeness (QED) is 0.328. The summed E-state index contributed by atoms with van der Waals surface area (Å²) in [5, 5.41) is 15.9. The molecule has 3 heterocycles. The molecule has 0 saturated carbocycles. The summed E-state index contributed by atoms with van der Waals surface area (Å²) in [6, 6.07) is 12.9. The summed E-state index contributed by atoms with van der Waals surface area (Å²) in [6.45, 7) is 2.14. The van der Waals surface area contributed by atoms with Crippen LogP contribution in [0.1, 0.15) is 6.92 Å². The van der Waals surface area contributed by atoms with E-state index in [0.29, 0.717) is 17.6 Å². The van der Waals surface area contributed by atoms with E-state index in [9.17, 15) is 18.0 Å². The second-order valence-corrected chi connectivity index (χ2v) is 7.07. The minimum atomic E-state index is -4.84. The van der Waals surface area contributed by atoms with Gasteiger partial charge >= 0.3 is 6.36 Å². The molecule has 0 bridgehead atoms. The van der Waals surface area contributed by atoms with Crippen molar-refractivity contribution in [1.29, 1.82) is 10.8 Å². The zero-order valence-electron chi connectivity index (χ0n) is 17.8. The summed E-state index contributed by atoms with van der Waals surface area (Å²) in [7, 11) is 0. The Labute approximate surface area is 190 Å². The van der Waals surface area contributed by atoms with E-state index in [2.05, 4.69) is 9.72 Å². The minimum absolute atomic E-state index is 0.0585. The van der Waals surface area contributed by atoms with E-state index in [1.165, 1.54) is 33.5 Å². The van der Waals surface area contributed by atoms with Gasteiger partial charge in [0, 0.05) is 28.8 Å². The molecule has 0 aliphatic carbocycles. The number of fused-ring (bicyclic) bond motifs is 1. The molecule has 34 heavy (non-hydrogen) atoms. The highest BCUT2D eigenvalue weighted by Gasteiger charge is 2.31. The maximum Gasteiger partial charge on any atom is 0.573 e. The number of alkyl halides is 3. The Balaban J connectivity index is 1.97. The molecule has 2 N–H and O–H groups in total. The number of halogens is 3. The lowest BCUT2D eigenvalue weighted by molar-refractivity contribution is -0.274. The average Bonchev–Trinajstić information content (AvgIpc) is 2.79. The van der Waals surface area contributed by atoms with E-state index >= 15 is 0 Å². The fourth-order valence-corrected chi connectivity index (χ4v) is 3.42. The van der Waals surface area contributed by atoms with E-state index in [1.54, 1.807) is 31.2 Å². The smallest absolute Gasteiger partial charge is 0.478 e. The van der Waals surface area contributed by atoms with E-state index < -0.39 is 17.7 Å². The van der Waals surface area contributed by atoms with Gasteiger partial charge in [-0.1, -0.05) is 0 Å². The zero-order chi connectivity index (χ0) is 24.5. The number of rotatable bonds is 6. The Hall–Kier alpha value is -4.41. The van der Waals surface area contributed by atoms with Gasteiger partial charge in [-0.25, -0.2) is 0 Å². The molecule has 0 aliphatic heterocycles. The monoisotopic (exact) mass is 469 g/mol. The molecule has 8 nitrogen and oxygen atoms in total. The molecule has 3 aromatic heterocycles. The van der Waals surface area contributed by atoms with Crippen molar-refractivity contribution in [2.24, 2.45) is 0 Å². The number of nitrogens with one attached hydrogen (secondary N) is 2. The molecule has 0 unspecified atom stereocenters. The average molecular weight is 469 g/mol. The third-order valence-corrected chi connectivity index (χ3v) is 4.87. The minimum Gasteiger partial charge on any atom is -0.478 e. The molecule has 11 heteroatoms. The van der Waals surface area contributed by atoms with Gasteiger partial charge < -0.3 is 9.47 Å². The van der Waals surface area contributed by atoms with Gasteiger partial charge in [-0.05, 0) is 55.5 Å². The molecule has 0 aliphatic rings. The van der Waals surface area contributed by atoms with Crippen LogP contribution in [-0.2, 0) is 0 Å². The highest BCUT2D eigenvalue weighted by atomic mass is 19.4. The van der Waals surface area contributed by atoms with Gasteiger partial charge in [0.2, 0.25) is 5.88 Å². The Morgan fingerprint density at radius 1 is 1.09 bits per heavy atom. The van der Waals surface area contributed by atoms with Crippen LogP contribution in [0, 0.1) is 10.8 Å². The lowest BCUT2D eigenvalue weighted by atomic mass is 10.1. The Morgan fingerprint density at radius 2 is 1.82 bits per heavy atom. The molecule has 0 fully saturated rings. The highest BCUT2D eigenvalue weighted by molar-refractivity contribution is 5.83. The normalized spacial score (nSPS) is 11.4. The van der Waals surface area contributed by atoms with E-state index in [0.717, 1.165) is 18.5 Å². The van der Waals surface area contributed by atoms with Crippen molar-refractivity contribution in [2.45, 2.75) is 13.3 Å². The fourth-order valence-electron chi connectivity index (χ4n) is 3.42. The van der Waals surface area contributed by atoms with Crippen molar-refractivity contribution in [3.63, 3.8) is 0 Å². The van der Waals surface area contributed by atoms with Crippen LogP contribution in [0.3, 0.4) is 0 Å². The first-order valence-electron chi connectivity index (χ1n) is 10.0. The molecular weight excluding hydrogens is 451 g/mol. The van der Waals surface area contributed by atoms with Crippen LogP contribution in [0.2, 0.25) is 0 Å². The van der Waals surface area contributed by atoms with Crippen LogP contribution >= 0.6 is 0 Å². The number of aromatic nitrogens is 3. The number of benzene rings is 1. The Kier molecular flexibility index (Phi) is 5.93. The number of hydrogen-bond donors (Lipinski definition) is 2. The van der Waals surface area contributed by atoms with E-state index in [-0.39, 0.29) is 28.3 Å². The second-order valence-electron chi connectivity index (χ2n) is 7.07. The molecule has 174 valence electrons. The molecule has 4 aromatic rings. The van der Waals surface area contributed by atoms with Gasteiger partial charge in [-0.3, -0.25) is 24.7 Å². The van der Waals surface area contributed by atoms with Crippen molar-refractivity contribution in [1.82, 2.24) is 14.1 Å². The number of ether oxygens (including phenoxy) is 2. The summed E-state index contributed by atoms with van der Waals surface area (Å²) in [6.07, 6.45) is -2.42. The predicted octanol–water partition coefficient (Wildman–Crippen LogP) is 4.09. The molecule has 1 aromatic carbocycles. The number of pyridine rings is 3. The molecular formula is C23H18F3N5O3.